The van der Waals surface area contributed by atoms with Gasteiger partial charge in [0.15, 0.2) is 17.5 Å². The molecule has 1 aliphatic heterocycles. The summed E-state index contributed by atoms with van der Waals surface area (Å²) in [5.41, 5.74) is 5.38. The summed E-state index contributed by atoms with van der Waals surface area (Å²) in [4.78, 5) is 25.1. The molecule has 6 aromatic rings. The van der Waals surface area contributed by atoms with E-state index in [4.69, 9.17) is 4.98 Å². The molecule has 2 aromatic carbocycles. The maximum absolute atomic E-state index is 4.90. The third kappa shape index (κ3) is 4.85. The van der Waals surface area contributed by atoms with E-state index >= 15 is 0 Å². The lowest BCUT2D eigenvalue weighted by Crippen LogP contribution is -2.32. The van der Waals surface area contributed by atoms with Gasteiger partial charge in [0, 0.05) is 42.2 Å². The lowest BCUT2D eigenvalue weighted by Gasteiger charge is -2.30. The molecule has 0 spiro atoms. The third-order valence-corrected chi connectivity index (χ3v) is 7.39. The van der Waals surface area contributed by atoms with Crippen LogP contribution >= 0.6 is 0 Å². The number of hydrogen-bond donors (Lipinski definition) is 1. The number of likely N-dealkylation sites (tertiary alicyclic amines) is 1. The second-order valence-electron chi connectivity index (χ2n) is 10.1. The summed E-state index contributed by atoms with van der Waals surface area (Å²) in [6.07, 6.45) is 7.49. The first-order valence-corrected chi connectivity index (χ1v) is 13.5. The van der Waals surface area contributed by atoms with Crippen LogP contribution in [0, 0.1) is 6.92 Å². The first kappa shape index (κ1) is 24.2. The van der Waals surface area contributed by atoms with Gasteiger partial charge in [-0.25, -0.2) is 24.5 Å². The first-order valence-electron chi connectivity index (χ1n) is 13.5. The number of rotatable bonds is 6. The van der Waals surface area contributed by atoms with E-state index in [-0.39, 0.29) is 0 Å². The van der Waals surface area contributed by atoms with Gasteiger partial charge < -0.3 is 0 Å². The summed E-state index contributed by atoms with van der Waals surface area (Å²) in [5, 5.41) is 11.9. The minimum Gasteiger partial charge on any atom is -0.299 e. The molecule has 10 nitrogen and oxygen atoms in total. The van der Waals surface area contributed by atoms with Gasteiger partial charge in [-0.3, -0.25) is 10.00 Å². The van der Waals surface area contributed by atoms with E-state index < -0.39 is 0 Å². The second-order valence-corrected chi connectivity index (χ2v) is 10.1. The maximum atomic E-state index is 4.90. The Hall–Kier alpha value is -4.83. The van der Waals surface area contributed by atoms with Crippen LogP contribution in [0.4, 0.5) is 0 Å². The number of aromatic nitrogens is 9. The molecular formula is C30H28N10. The van der Waals surface area contributed by atoms with Gasteiger partial charge in [0.2, 0.25) is 0 Å². The van der Waals surface area contributed by atoms with E-state index in [1.807, 2.05) is 31.3 Å². The van der Waals surface area contributed by atoms with Crippen molar-refractivity contribution in [2.45, 2.75) is 32.2 Å². The van der Waals surface area contributed by atoms with Crippen molar-refractivity contribution in [2.75, 3.05) is 13.1 Å². The molecule has 198 valence electrons. The van der Waals surface area contributed by atoms with Gasteiger partial charge >= 0.3 is 0 Å². The average Bonchev–Trinajstić information content (AvgIpc) is 3.64. The fraction of sp³-hybridized carbons (Fsp3) is 0.233. The summed E-state index contributed by atoms with van der Waals surface area (Å²) in [6, 6.07) is 20.8. The molecule has 5 heterocycles. The van der Waals surface area contributed by atoms with Crippen molar-refractivity contribution in [3.63, 3.8) is 0 Å². The normalized spacial score (nSPS) is 14.6. The van der Waals surface area contributed by atoms with E-state index in [1.165, 1.54) is 5.56 Å². The monoisotopic (exact) mass is 528 g/mol. The zero-order valence-electron chi connectivity index (χ0n) is 22.1. The van der Waals surface area contributed by atoms with E-state index in [2.05, 4.69) is 76.5 Å². The molecule has 0 atom stereocenters. The molecule has 7 rings (SSSR count). The number of aromatic amines is 1. The molecular weight excluding hydrogens is 500 g/mol. The van der Waals surface area contributed by atoms with Gasteiger partial charge in [-0.2, -0.15) is 15.2 Å². The van der Waals surface area contributed by atoms with Gasteiger partial charge in [-0.05, 0) is 50.0 Å². The Bertz CT molecular complexity index is 1730. The predicted molar refractivity (Wildman–Crippen MR) is 151 cm³/mol. The molecule has 0 saturated carbocycles. The fourth-order valence-electron chi connectivity index (χ4n) is 5.33. The van der Waals surface area contributed by atoms with Crippen molar-refractivity contribution in [3.05, 3.63) is 96.5 Å². The number of piperidine rings is 1. The Morgan fingerprint density at radius 1 is 0.850 bits per heavy atom. The molecule has 0 radical (unpaired) electrons. The summed E-state index contributed by atoms with van der Waals surface area (Å²) in [7, 11) is 0. The Morgan fingerprint density at radius 3 is 2.40 bits per heavy atom. The van der Waals surface area contributed by atoms with Crippen LogP contribution in [0.25, 0.3) is 39.8 Å². The van der Waals surface area contributed by atoms with Crippen molar-refractivity contribution < 1.29 is 0 Å². The molecule has 0 amide bonds. The third-order valence-electron chi connectivity index (χ3n) is 7.39. The van der Waals surface area contributed by atoms with Gasteiger partial charge in [-0.15, -0.1) is 0 Å². The average molecular weight is 529 g/mol. The van der Waals surface area contributed by atoms with Crippen molar-refractivity contribution in [1.82, 2.24) is 49.6 Å². The van der Waals surface area contributed by atoms with Crippen LogP contribution in [0.3, 0.4) is 0 Å². The number of aryl methyl sites for hydroxylation is 1. The Balaban J connectivity index is 1.05. The van der Waals surface area contributed by atoms with Crippen LogP contribution in [0.5, 0.6) is 0 Å². The van der Waals surface area contributed by atoms with Gasteiger partial charge in [0.05, 0.1) is 5.69 Å². The summed E-state index contributed by atoms with van der Waals surface area (Å²) in [6.45, 7) is 4.79. The zero-order valence-corrected chi connectivity index (χ0v) is 22.1. The van der Waals surface area contributed by atoms with Crippen LogP contribution in [-0.4, -0.2) is 62.7 Å². The van der Waals surface area contributed by atoms with Crippen LogP contribution in [0.1, 0.15) is 36.0 Å². The highest BCUT2D eigenvalue weighted by Gasteiger charge is 2.24. The Labute approximate surface area is 231 Å². The number of H-pyrrole nitrogens is 1. The molecule has 0 unspecified atom stereocenters. The summed E-state index contributed by atoms with van der Waals surface area (Å²) < 4.78 is 1.76. The van der Waals surface area contributed by atoms with Crippen LogP contribution < -0.4 is 0 Å². The Kier molecular flexibility index (Phi) is 6.29. The highest BCUT2D eigenvalue weighted by atomic mass is 15.3. The van der Waals surface area contributed by atoms with E-state index in [1.54, 1.807) is 23.0 Å². The molecule has 40 heavy (non-hydrogen) atoms. The minimum absolute atomic E-state index is 0.338. The van der Waals surface area contributed by atoms with Crippen molar-refractivity contribution in [1.29, 1.82) is 0 Å². The largest absolute Gasteiger partial charge is 0.299 e. The van der Waals surface area contributed by atoms with E-state index in [0.29, 0.717) is 29.2 Å². The van der Waals surface area contributed by atoms with Crippen LogP contribution in [-0.2, 0) is 6.54 Å². The number of nitrogens with one attached hydrogen (secondary N) is 1. The molecule has 1 aliphatic rings. The zero-order chi connectivity index (χ0) is 26.9. The Morgan fingerprint density at radius 2 is 1.62 bits per heavy atom. The molecule has 1 saturated heterocycles. The van der Waals surface area contributed by atoms with Gasteiger partial charge in [0.1, 0.15) is 5.82 Å². The quantitative estimate of drug-likeness (QED) is 0.330. The number of benzene rings is 2. The second kappa shape index (κ2) is 10.4. The lowest BCUT2D eigenvalue weighted by atomic mass is 9.95. The molecule has 0 bridgehead atoms. The molecule has 1 fully saturated rings. The van der Waals surface area contributed by atoms with Crippen molar-refractivity contribution in [2.24, 2.45) is 0 Å². The van der Waals surface area contributed by atoms with E-state index in [9.17, 15) is 0 Å². The number of nitrogens with zero attached hydrogens (tertiary/aromatic N) is 9. The first-order chi connectivity index (χ1) is 19.7. The topological polar surface area (TPSA) is 114 Å². The van der Waals surface area contributed by atoms with Gasteiger partial charge in [0.25, 0.3) is 5.78 Å². The smallest absolute Gasteiger partial charge is 0.252 e. The highest BCUT2D eigenvalue weighted by Crippen LogP contribution is 2.32. The molecule has 10 heteroatoms. The number of hydrogen-bond acceptors (Lipinski definition) is 8. The minimum atomic E-state index is 0.338. The predicted octanol–water partition coefficient (Wildman–Crippen LogP) is 4.72. The lowest BCUT2D eigenvalue weighted by molar-refractivity contribution is 0.202. The number of fused-ring (bicyclic) bond motifs is 1. The van der Waals surface area contributed by atoms with Crippen LogP contribution in [0.2, 0.25) is 0 Å². The van der Waals surface area contributed by atoms with Gasteiger partial charge in [-0.1, -0.05) is 54.6 Å². The molecule has 1 N–H and O–H groups in total. The van der Waals surface area contributed by atoms with Crippen LogP contribution in [0.15, 0.2) is 79.3 Å². The van der Waals surface area contributed by atoms with E-state index in [0.717, 1.165) is 60.7 Å². The van der Waals surface area contributed by atoms with Crippen molar-refractivity contribution in [3.8, 4) is 34.0 Å². The fourth-order valence-corrected chi connectivity index (χ4v) is 5.33. The maximum Gasteiger partial charge on any atom is 0.252 e. The standard InChI is InChI=1S/C30H28N10/c1-20-33-30-34-26(25(19-40(30)38-20)22-6-3-2-4-7-22)23-10-8-21(9-11-23)18-39-16-12-24(13-17-39)27-35-29(37-36-27)28-31-14-5-15-32-28/h2-11,14-15,19,24H,12-13,16-18H2,1H3,(H,35,36,37). The SMILES string of the molecule is Cc1nc2nc(-c3ccc(CN4CCC(c5n[nH]c(-c6ncccn6)n5)CC4)cc3)c(-c3ccccc3)cn2n1. The summed E-state index contributed by atoms with van der Waals surface area (Å²) >= 11 is 0. The summed E-state index contributed by atoms with van der Waals surface area (Å²) in [5.74, 6) is 3.70. The molecule has 0 aliphatic carbocycles. The molecule has 4 aromatic heterocycles. The van der Waals surface area contributed by atoms with Crippen molar-refractivity contribution >= 4 is 5.78 Å². The highest BCUT2D eigenvalue weighted by molar-refractivity contribution is 5.81.